The van der Waals surface area contributed by atoms with Gasteiger partial charge in [0.25, 0.3) is 5.91 Å². The van der Waals surface area contributed by atoms with E-state index in [9.17, 15) is 9.18 Å². The second-order valence-corrected chi connectivity index (χ2v) is 6.00. The molecule has 0 aliphatic carbocycles. The zero-order chi connectivity index (χ0) is 16.4. The first-order valence-corrected chi connectivity index (χ1v) is 7.87. The first-order chi connectivity index (χ1) is 11.0. The maximum Gasteiger partial charge on any atom is 0.260 e. The summed E-state index contributed by atoms with van der Waals surface area (Å²) in [6.45, 7) is 0. The van der Waals surface area contributed by atoms with Crippen LogP contribution in [-0.4, -0.2) is 10.9 Å². The van der Waals surface area contributed by atoms with E-state index in [4.69, 9.17) is 17.3 Å². The summed E-state index contributed by atoms with van der Waals surface area (Å²) in [6.07, 6.45) is 0. The van der Waals surface area contributed by atoms with Crippen molar-refractivity contribution < 1.29 is 9.18 Å². The number of hydrogen-bond acceptors (Lipinski definition) is 4. The molecule has 7 heteroatoms. The van der Waals surface area contributed by atoms with E-state index in [0.29, 0.717) is 16.5 Å². The molecule has 3 rings (SSSR count). The van der Waals surface area contributed by atoms with Crippen molar-refractivity contribution in [3.05, 3.63) is 64.2 Å². The number of amides is 1. The molecule has 0 bridgehead atoms. The Hall–Kier alpha value is -2.44. The monoisotopic (exact) mass is 347 g/mol. The molecular weight excluding hydrogens is 337 g/mol. The summed E-state index contributed by atoms with van der Waals surface area (Å²) < 4.78 is 13.8. The second-order valence-electron chi connectivity index (χ2n) is 4.70. The predicted molar refractivity (Wildman–Crippen MR) is 91.3 cm³/mol. The lowest BCUT2D eigenvalue weighted by Gasteiger charge is -2.08. The van der Waals surface area contributed by atoms with E-state index in [2.05, 4.69) is 10.3 Å². The molecule has 0 aliphatic heterocycles. The number of nitrogens with one attached hydrogen (secondary N) is 1. The van der Waals surface area contributed by atoms with E-state index in [1.54, 1.807) is 18.2 Å². The fourth-order valence-corrected chi connectivity index (χ4v) is 2.91. The Morgan fingerprint density at radius 2 is 2.04 bits per heavy atom. The summed E-state index contributed by atoms with van der Waals surface area (Å²) in [5, 5.41) is 4.99. The third kappa shape index (κ3) is 3.33. The van der Waals surface area contributed by atoms with E-state index >= 15 is 0 Å². The van der Waals surface area contributed by atoms with Crippen LogP contribution in [0.5, 0.6) is 0 Å². The molecule has 0 fully saturated rings. The van der Waals surface area contributed by atoms with Gasteiger partial charge in [-0.1, -0.05) is 29.8 Å². The van der Waals surface area contributed by atoms with Gasteiger partial charge in [-0.15, -0.1) is 11.3 Å². The van der Waals surface area contributed by atoms with Crippen LogP contribution in [0.25, 0.3) is 11.3 Å². The van der Waals surface area contributed by atoms with Crippen LogP contribution in [0.3, 0.4) is 0 Å². The van der Waals surface area contributed by atoms with Crippen molar-refractivity contribution in [2.24, 2.45) is 0 Å². The molecule has 0 spiro atoms. The summed E-state index contributed by atoms with van der Waals surface area (Å²) in [7, 11) is 0. The van der Waals surface area contributed by atoms with Crippen molar-refractivity contribution in [2.75, 3.05) is 11.1 Å². The Morgan fingerprint density at radius 3 is 2.74 bits per heavy atom. The number of nitrogen functional groups attached to an aromatic ring is 1. The number of thiazole rings is 1. The van der Waals surface area contributed by atoms with Crippen LogP contribution in [0, 0.1) is 5.82 Å². The van der Waals surface area contributed by atoms with Crippen molar-refractivity contribution in [3.8, 4) is 11.3 Å². The summed E-state index contributed by atoms with van der Waals surface area (Å²) >= 11 is 7.23. The van der Waals surface area contributed by atoms with Crippen molar-refractivity contribution >= 4 is 39.7 Å². The van der Waals surface area contributed by atoms with Gasteiger partial charge in [-0.3, -0.25) is 4.79 Å². The highest BCUT2D eigenvalue weighted by Gasteiger charge is 2.16. The molecule has 0 saturated heterocycles. The quantitative estimate of drug-likeness (QED) is 0.736. The minimum atomic E-state index is -0.668. The largest absolute Gasteiger partial charge is 0.375 e. The number of rotatable bonds is 3. The predicted octanol–water partition coefficient (Wildman–Crippen LogP) is 4.44. The molecule has 23 heavy (non-hydrogen) atoms. The number of nitrogens with zero attached hydrogens (tertiary/aromatic N) is 1. The van der Waals surface area contributed by atoms with Gasteiger partial charge >= 0.3 is 0 Å². The molecule has 1 aromatic heterocycles. The number of hydrogen-bond donors (Lipinski definition) is 2. The number of halogens is 2. The van der Waals surface area contributed by atoms with E-state index in [-0.39, 0.29) is 10.6 Å². The van der Waals surface area contributed by atoms with E-state index < -0.39 is 11.7 Å². The van der Waals surface area contributed by atoms with Crippen molar-refractivity contribution in [3.63, 3.8) is 0 Å². The van der Waals surface area contributed by atoms with Crippen LogP contribution < -0.4 is 11.1 Å². The zero-order valence-corrected chi connectivity index (χ0v) is 13.3. The third-order valence-electron chi connectivity index (χ3n) is 3.13. The molecule has 0 aliphatic rings. The Labute approximate surface area is 140 Å². The smallest absolute Gasteiger partial charge is 0.260 e. The lowest BCUT2D eigenvalue weighted by atomic mass is 10.1. The average Bonchev–Trinajstić information content (AvgIpc) is 2.94. The Bertz CT molecular complexity index is 861. The number of nitrogens with two attached hydrogens (primary N) is 1. The van der Waals surface area contributed by atoms with E-state index in [1.165, 1.54) is 29.5 Å². The highest BCUT2D eigenvalue weighted by Crippen LogP contribution is 2.26. The molecule has 2 aromatic carbocycles. The Kier molecular flexibility index (Phi) is 4.27. The van der Waals surface area contributed by atoms with Gasteiger partial charge in [0.05, 0.1) is 16.3 Å². The third-order valence-corrected chi connectivity index (χ3v) is 4.12. The van der Waals surface area contributed by atoms with E-state index in [0.717, 1.165) is 5.56 Å². The van der Waals surface area contributed by atoms with Gasteiger partial charge in [-0.25, -0.2) is 9.37 Å². The number of benzene rings is 2. The standard InChI is InChI=1S/C16H11ClFN3OS/c17-11-5-2-6-12(18)14(11)15(22)20-10-4-1-3-9(7-10)13-8-23-16(19)21-13/h1-8H,(H2,19,21)(H,20,22). The molecule has 0 unspecified atom stereocenters. The minimum Gasteiger partial charge on any atom is -0.375 e. The topological polar surface area (TPSA) is 68.0 Å². The van der Waals surface area contributed by atoms with E-state index in [1.807, 2.05) is 11.4 Å². The first kappa shape index (κ1) is 15.5. The van der Waals surface area contributed by atoms with Crippen LogP contribution in [0.4, 0.5) is 15.2 Å². The highest BCUT2D eigenvalue weighted by molar-refractivity contribution is 7.13. The van der Waals surface area contributed by atoms with Gasteiger partial charge in [0.2, 0.25) is 0 Å². The average molecular weight is 348 g/mol. The summed E-state index contributed by atoms with van der Waals surface area (Å²) in [6, 6.07) is 11.2. The van der Waals surface area contributed by atoms with Gasteiger partial charge in [0.15, 0.2) is 5.13 Å². The van der Waals surface area contributed by atoms with Crippen LogP contribution in [0.15, 0.2) is 47.8 Å². The molecule has 0 atom stereocenters. The maximum atomic E-state index is 13.8. The van der Waals surface area contributed by atoms with Gasteiger partial charge in [0, 0.05) is 16.6 Å². The normalized spacial score (nSPS) is 10.5. The molecule has 4 nitrogen and oxygen atoms in total. The zero-order valence-electron chi connectivity index (χ0n) is 11.7. The molecule has 0 radical (unpaired) electrons. The van der Waals surface area contributed by atoms with Crippen molar-refractivity contribution in [1.82, 2.24) is 4.98 Å². The van der Waals surface area contributed by atoms with Crippen LogP contribution in [0.1, 0.15) is 10.4 Å². The van der Waals surface area contributed by atoms with Crippen LogP contribution in [-0.2, 0) is 0 Å². The lowest BCUT2D eigenvalue weighted by Crippen LogP contribution is -2.14. The Morgan fingerprint density at radius 1 is 1.26 bits per heavy atom. The summed E-state index contributed by atoms with van der Waals surface area (Å²) in [4.78, 5) is 16.4. The van der Waals surface area contributed by atoms with Gasteiger partial charge in [0.1, 0.15) is 5.82 Å². The lowest BCUT2D eigenvalue weighted by molar-refractivity contribution is 0.102. The summed E-state index contributed by atoms with van der Waals surface area (Å²) in [5.41, 5.74) is 7.47. The first-order valence-electron chi connectivity index (χ1n) is 6.61. The molecule has 1 heterocycles. The number of carbonyl (C=O) groups is 1. The van der Waals surface area contributed by atoms with Crippen molar-refractivity contribution in [1.29, 1.82) is 0 Å². The van der Waals surface area contributed by atoms with Gasteiger partial charge in [-0.05, 0) is 24.3 Å². The molecular formula is C16H11ClFN3OS. The Balaban J connectivity index is 1.87. The molecule has 1 amide bonds. The maximum absolute atomic E-state index is 13.8. The number of carbonyl (C=O) groups excluding carboxylic acids is 1. The summed E-state index contributed by atoms with van der Waals surface area (Å²) in [5.74, 6) is -1.28. The van der Waals surface area contributed by atoms with Crippen LogP contribution >= 0.6 is 22.9 Å². The SMILES string of the molecule is Nc1nc(-c2cccc(NC(=O)c3c(F)cccc3Cl)c2)cs1. The number of anilines is 2. The van der Waals surface area contributed by atoms with Crippen LogP contribution in [0.2, 0.25) is 5.02 Å². The van der Waals surface area contributed by atoms with Gasteiger partial charge in [-0.2, -0.15) is 0 Å². The van der Waals surface area contributed by atoms with Crippen molar-refractivity contribution in [2.45, 2.75) is 0 Å². The molecule has 3 N–H and O–H groups in total. The fourth-order valence-electron chi connectivity index (χ4n) is 2.08. The molecule has 0 saturated carbocycles. The fraction of sp³-hybridized carbons (Fsp3) is 0. The molecule has 3 aromatic rings. The molecule has 116 valence electrons. The number of aromatic nitrogens is 1. The second kappa shape index (κ2) is 6.36. The highest BCUT2D eigenvalue weighted by atomic mass is 35.5. The minimum absolute atomic E-state index is 0.0610. The van der Waals surface area contributed by atoms with Gasteiger partial charge < -0.3 is 11.1 Å².